The number of amides is 1. The molecule has 3 heteroatoms. The van der Waals surface area contributed by atoms with Crippen molar-refractivity contribution in [3.63, 3.8) is 0 Å². The summed E-state index contributed by atoms with van der Waals surface area (Å²) in [6, 6.07) is 7.29. The van der Waals surface area contributed by atoms with E-state index in [-0.39, 0.29) is 5.91 Å². The zero-order valence-corrected chi connectivity index (χ0v) is 12.9. The summed E-state index contributed by atoms with van der Waals surface area (Å²) in [6.45, 7) is 5.29. The Morgan fingerprint density at radius 3 is 2.37 bits per heavy atom. The van der Waals surface area contributed by atoms with Gasteiger partial charge in [-0.2, -0.15) is 0 Å². The van der Waals surface area contributed by atoms with Crippen LogP contribution < -0.4 is 5.32 Å². The van der Waals surface area contributed by atoms with Crippen LogP contribution >= 0.6 is 12.6 Å². The molecule has 2 nitrogen and oxygen atoms in total. The Labute approximate surface area is 122 Å². The van der Waals surface area contributed by atoms with Gasteiger partial charge in [0.2, 0.25) is 0 Å². The number of nitrogens with one attached hydrogen (secondary N) is 1. The zero-order chi connectivity index (χ0) is 14.1. The highest BCUT2D eigenvalue weighted by atomic mass is 32.1. The fraction of sp³-hybridized carbons (Fsp3) is 0.562. The first-order valence-electron chi connectivity index (χ1n) is 7.17. The number of rotatable bonds is 8. The smallest absolute Gasteiger partial charge is 0.251 e. The molecule has 0 unspecified atom stereocenters. The van der Waals surface area contributed by atoms with Gasteiger partial charge < -0.3 is 5.32 Å². The van der Waals surface area contributed by atoms with Crippen LogP contribution in [0.2, 0.25) is 0 Å². The van der Waals surface area contributed by atoms with Gasteiger partial charge in [-0.15, -0.1) is 12.6 Å². The minimum atomic E-state index is 0.00973. The van der Waals surface area contributed by atoms with E-state index >= 15 is 0 Å². The summed E-state index contributed by atoms with van der Waals surface area (Å²) >= 11 is 4.20. The van der Waals surface area contributed by atoms with Crippen molar-refractivity contribution in [2.45, 2.75) is 50.8 Å². The lowest BCUT2D eigenvalue weighted by Gasteiger charge is -2.06. The van der Waals surface area contributed by atoms with Gasteiger partial charge in [-0.25, -0.2) is 0 Å². The number of hydrogen-bond donors (Lipinski definition) is 2. The first kappa shape index (κ1) is 16.1. The number of benzene rings is 1. The van der Waals surface area contributed by atoms with Crippen LogP contribution in [0, 0.1) is 5.92 Å². The minimum absolute atomic E-state index is 0.00973. The van der Waals surface area contributed by atoms with Gasteiger partial charge in [0.1, 0.15) is 0 Å². The van der Waals surface area contributed by atoms with Crippen LogP contribution in [0.4, 0.5) is 0 Å². The highest BCUT2D eigenvalue weighted by Gasteiger charge is 2.03. The van der Waals surface area contributed by atoms with E-state index in [1.54, 1.807) is 12.1 Å². The van der Waals surface area contributed by atoms with Gasteiger partial charge >= 0.3 is 0 Å². The fourth-order valence-electron chi connectivity index (χ4n) is 1.95. The van der Waals surface area contributed by atoms with Gasteiger partial charge in [0.25, 0.3) is 5.91 Å². The molecule has 0 aliphatic carbocycles. The molecule has 1 aromatic rings. The van der Waals surface area contributed by atoms with Gasteiger partial charge in [-0.3, -0.25) is 4.79 Å². The number of thiol groups is 1. The molecular formula is C16H25NOS. The highest BCUT2D eigenvalue weighted by molar-refractivity contribution is 7.80. The van der Waals surface area contributed by atoms with Gasteiger partial charge in [0.05, 0.1) is 0 Å². The summed E-state index contributed by atoms with van der Waals surface area (Å²) in [7, 11) is 0. The third-order valence-electron chi connectivity index (χ3n) is 3.12. The van der Waals surface area contributed by atoms with Crippen LogP contribution in [0.5, 0.6) is 0 Å². The zero-order valence-electron chi connectivity index (χ0n) is 12.0. The lowest BCUT2D eigenvalue weighted by atomic mass is 10.0. The van der Waals surface area contributed by atoms with Crippen LogP contribution in [0.1, 0.15) is 56.3 Å². The highest BCUT2D eigenvalue weighted by Crippen LogP contribution is 2.09. The summed E-state index contributed by atoms with van der Waals surface area (Å²) in [6.07, 6.45) is 6.14. The van der Waals surface area contributed by atoms with Crippen LogP contribution in [0.25, 0.3) is 0 Å². The molecule has 1 N–H and O–H groups in total. The van der Waals surface area contributed by atoms with E-state index in [2.05, 4.69) is 31.8 Å². The molecule has 0 aliphatic heterocycles. The van der Waals surface area contributed by atoms with Crippen LogP contribution in [0.3, 0.4) is 0 Å². The van der Waals surface area contributed by atoms with Crippen molar-refractivity contribution in [1.29, 1.82) is 0 Å². The molecule has 1 rings (SSSR count). The lowest BCUT2D eigenvalue weighted by molar-refractivity contribution is 0.0953. The minimum Gasteiger partial charge on any atom is -0.352 e. The van der Waals surface area contributed by atoms with Crippen molar-refractivity contribution in [3.8, 4) is 0 Å². The number of carbonyl (C=O) groups excluding carboxylic acids is 1. The fourth-order valence-corrected chi connectivity index (χ4v) is 2.10. The molecule has 0 saturated heterocycles. The molecule has 0 bridgehead atoms. The van der Waals surface area contributed by atoms with Crippen molar-refractivity contribution in [2.24, 2.45) is 5.92 Å². The summed E-state index contributed by atoms with van der Waals surface area (Å²) < 4.78 is 0. The second-order valence-electron chi connectivity index (χ2n) is 5.40. The Balaban J connectivity index is 2.09. The lowest BCUT2D eigenvalue weighted by Crippen LogP contribution is -2.24. The molecule has 0 radical (unpaired) electrons. The molecule has 0 saturated carbocycles. The van der Waals surface area contributed by atoms with Crippen LogP contribution in [-0.4, -0.2) is 12.5 Å². The monoisotopic (exact) mass is 279 g/mol. The maximum Gasteiger partial charge on any atom is 0.251 e. The summed E-state index contributed by atoms with van der Waals surface area (Å²) in [5.41, 5.74) is 0.706. The van der Waals surface area contributed by atoms with Gasteiger partial charge in [-0.1, -0.05) is 39.5 Å². The van der Waals surface area contributed by atoms with Crippen LogP contribution in [-0.2, 0) is 0 Å². The van der Waals surface area contributed by atoms with Crippen molar-refractivity contribution in [3.05, 3.63) is 29.8 Å². The maximum atomic E-state index is 11.8. The van der Waals surface area contributed by atoms with Crippen molar-refractivity contribution in [1.82, 2.24) is 5.32 Å². The van der Waals surface area contributed by atoms with Gasteiger partial charge in [-0.05, 0) is 36.6 Å². The third kappa shape index (κ3) is 7.26. The Hall–Kier alpha value is -0.960. The molecule has 0 heterocycles. The van der Waals surface area contributed by atoms with Crippen molar-refractivity contribution >= 4 is 18.5 Å². The molecule has 0 atom stereocenters. The third-order valence-corrected chi connectivity index (χ3v) is 3.42. The summed E-state index contributed by atoms with van der Waals surface area (Å²) in [4.78, 5) is 12.7. The van der Waals surface area contributed by atoms with Crippen LogP contribution in [0.15, 0.2) is 29.2 Å². The number of hydrogen-bond acceptors (Lipinski definition) is 2. The van der Waals surface area contributed by atoms with E-state index in [0.29, 0.717) is 5.56 Å². The Bertz CT molecular complexity index is 373. The van der Waals surface area contributed by atoms with E-state index in [1.165, 1.54) is 25.7 Å². The predicted octanol–water partition coefficient (Wildman–Crippen LogP) is 4.31. The van der Waals surface area contributed by atoms with E-state index in [0.717, 1.165) is 23.8 Å². The molecule has 1 amide bonds. The molecule has 0 spiro atoms. The number of carbonyl (C=O) groups is 1. The van der Waals surface area contributed by atoms with E-state index in [4.69, 9.17) is 0 Å². The molecule has 1 aromatic carbocycles. The van der Waals surface area contributed by atoms with Crippen molar-refractivity contribution < 1.29 is 4.79 Å². The van der Waals surface area contributed by atoms with E-state index in [9.17, 15) is 4.79 Å². The largest absolute Gasteiger partial charge is 0.352 e. The Morgan fingerprint density at radius 1 is 1.11 bits per heavy atom. The number of unbranched alkanes of at least 4 members (excludes halogenated alkanes) is 3. The van der Waals surface area contributed by atoms with E-state index < -0.39 is 0 Å². The second-order valence-corrected chi connectivity index (χ2v) is 5.92. The summed E-state index contributed by atoms with van der Waals surface area (Å²) in [5.74, 6) is 0.810. The van der Waals surface area contributed by atoms with E-state index in [1.807, 2.05) is 12.1 Å². The normalized spacial score (nSPS) is 10.7. The molecule has 0 aliphatic rings. The Morgan fingerprint density at radius 2 is 1.74 bits per heavy atom. The second kappa shape index (κ2) is 9.03. The first-order valence-corrected chi connectivity index (χ1v) is 7.61. The SMILES string of the molecule is CC(C)CCCCCCNC(=O)c1ccc(S)cc1. The van der Waals surface area contributed by atoms with Gasteiger partial charge in [0.15, 0.2) is 0 Å². The summed E-state index contributed by atoms with van der Waals surface area (Å²) in [5, 5.41) is 2.95. The first-order chi connectivity index (χ1) is 9.09. The van der Waals surface area contributed by atoms with Gasteiger partial charge in [0, 0.05) is 17.0 Å². The molecule has 0 fully saturated rings. The quantitative estimate of drug-likeness (QED) is 0.539. The molecule has 19 heavy (non-hydrogen) atoms. The molecular weight excluding hydrogens is 254 g/mol. The average molecular weight is 279 g/mol. The average Bonchev–Trinajstić information content (AvgIpc) is 2.38. The van der Waals surface area contributed by atoms with Crippen molar-refractivity contribution in [2.75, 3.05) is 6.54 Å². The Kier molecular flexibility index (Phi) is 7.65. The molecule has 106 valence electrons. The standard InChI is InChI=1S/C16H25NOS/c1-13(2)7-5-3-4-6-12-17-16(18)14-8-10-15(19)11-9-14/h8-11,13,19H,3-7,12H2,1-2H3,(H,17,18). The maximum absolute atomic E-state index is 11.8. The predicted molar refractivity (Wildman–Crippen MR) is 84.0 cm³/mol. The molecule has 0 aromatic heterocycles. The topological polar surface area (TPSA) is 29.1 Å².